The third-order valence-electron chi connectivity index (χ3n) is 5.33. The number of ether oxygens (including phenoxy) is 1. The van der Waals surface area contributed by atoms with Crippen LogP contribution in [0.15, 0.2) is 42.5 Å². The summed E-state index contributed by atoms with van der Waals surface area (Å²) in [5, 5.41) is 3.01. The molecule has 0 bridgehead atoms. The number of carbonyl (C=O) groups is 2. The van der Waals surface area contributed by atoms with Gasteiger partial charge in [-0.3, -0.25) is 9.59 Å². The van der Waals surface area contributed by atoms with Gasteiger partial charge in [0.15, 0.2) is 0 Å². The minimum absolute atomic E-state index is 0.0289. The standard InChI is InChI=1S/C27H38N2O3S/c1-7-25(27(31)28-15-19(2)3)29(16-22-9-8-10-24(14-22)32-6)26(30)18-33-17-23-12-20(4)11-21(5)13-23/h8-14,19,25H,7,15-18H2,1-6H3,(H,28,31). The van der Waals surface area contributed by atoms with E-state index in [4.69, 9.17) is 4.74 Å². The molecule has 0 saturated carbocycles. The second-order valence-electron chi connectivity index (χ2n) is 8.92. The van der Waals surface area contributed by atoms with E-state index in [0.29, 0.717) is 31.2 Å². The molecule has 0 saturated heterocycles. The number of thioether (sulfide) groups is 1. The molecule has 5 nitrogen and oxygen atoms in total. The molecule has 2 amide bonds. The van der Waals surface area contributed by atoms with Crippen molar-refractivity contribution in [1.29, 1.82) is 0 Å². The van der Waals surface area contributed by atoms with Gasteiger partial charge in [0.1, 0.15) is 11.8 Å². The predicted octanol–water partition coefficient (Wildman–Crippen LogP) is 5.12. The zero-order valence-corrected chi connectivity index (χ0v) is 21.6. The molecule has 1 unspecified atom stereocenters. The summed E-state index contributed by atoms with van der Waals surface area (Å²) >= 11 is 1.59. The quantitative estimate of drug-likeness (QED) is 0.467. The van der Waals surface area contributed by atoms with Gasteiger partial charge in [-0.05, 0) is 49.4 Å². The van der Waals surface area contributed by atoms with E-state index < -0.39 is 6.04 Å². The number of amides is 2. The summed E-state index contributed by atoms with van der Waals surface area (Å²) in [7, 11) is 1.62. The molecule has 0 fully saturated rings. The molecular weight excluding hydrogens is 432 g/mol. The number of hydrogen-bond acceptors (Lipinski definition) is 4. The van der Waals surface area contributed by atoms with Crippen molar-refractivity contribution in [3.05, 3.63) is 64.7 Å². The largest absolute Gasteiger partial charge is 0.497 e. The molecule has 1 atom stereocenters. The summed E-state index contributed by atoms with van der Waals surface area (Å²) < 4.78 is 5.34. The number of benzene rings is 2. The van der Waals surface area contributed by atoms with Crippen molar-refractivity contribution >= 4 is 23.6 Å². The smallest absolute Gasteiger partial charge is 0.242 e. The molecule has 2 aromatic carbocycles. The molecule has 6 heteroatoms. The molecule has 0 aliphatic rings. The Bertz CT molecular complexity index is 909. The van der Waals surface area contributed by atoms with Gasteiger partial charge < -0.3 is 15.0 Å². The summed E-state index contributed by atoms with van der Waals surface area (Å²) in [4.78, 5) is 28.1. The first-order valence-electron chi connectivity index (χ1n) is 11.6. The second kappa shape index (κ2) is 13.3. The first-order chi connectivity index (χ1) is 15.7. The molecule has 1 N–H and O–H groups in total. The lowest BCUT2D eigenvalue weighted by atomic mass is 10.1. The fraction of sp³-hybridized carbons (Fsp3) is 0.481. The molecule has 33 heavy (non-hydrogen) atoms. The Hall–Kier alpha value is -2.47. The lowest BCUT2D eigenvalue weighted by Gasteiger charge is -2.31. The van der Waals surface area contributed by atoms with E-state index in [1.807, 2.05) is 31.2 Å². The fourth-order valence-corrected chi connectivity index (χ4v) is 4.65. The van der Waals surface area contributed by atoms with Crippen LogP contribution in [0.3, 0.4) is 0 Å². The molecular formula is C27H38N2O3S. The number of rotatable bonds is 12. The topological polar surface area (TPSA) is 58.6 Å². The van der Waals surface area contributed by atoms with Gasteiger partial charge in [0.2, 0.25) is 11.8 Å². The summed E-state index contributed by atoms with van der Waals surface area (Å²) in [6.45, 7) is 11.2. The number of nitrogens with one attached hydrogen (secondary N) is 1. The lowest BCUT2D eigenvalue weighted by Crippen LogP contribution is -2.50. The maximum absolute atomic E-state index is 13.4. The molecule has 2 aromatic rings. The lowest BCUT2D eigenvalue weighted by molar-refractivity contribution is -0.139. The van der Waals surface area contributed by atoms with Crippen LogP contribution in [0.5, 0.6) is 5.75 Å². The van der Waals surface area contributed by atoms with E-state index in [-0.39, 0.29) is 11.8 Å². The number of aryl methyl sites for hydroxylation is 2. The van der Waals surface area contributed by atoms with E-state index in [2.05, 4.69) is 51.2 Å². The number of nitrogens with zero attached hydrogens (tertiary/aromatic N) is 1. The van der Waals surface area contributed by atoms with E-state index in [0.717, 1.165) is 17.1 Å². The van der Waals surface area contributed by atoms with E-state index in [1.54, 1.807) is 23.8 Å². The van der Waals surface area contributed by atoms with Crippen LogP contribution in [-0.2, 0) is 21.9 Å². The third kappa shape index (κ3) is 8.77. The van der Waals surface area contributed by atoms with Gasteiger partial charge in [-0.1, -0.05) is 62.2 Å². The van der Waals surface area contributed by atoms with E-state index in [1.165, 1.54) is 16.7 Å². The second-order valence-corrected chi connectivity index (χ2v) is 9.91. The summed E-state index contributed by atoms with van der Waals surface area (Å²) in [6.07, 6.45) is 0.557. The fourth-order valence-electron chi connectivity index (χ4n) is 3.80. The molecule has 0 spiro atoms. The van der Waals surface area contributed by atoms with Crippen LogP contribution in [0.1, 0.15) is 49.4 Å². The third-order valence-corrected chi connectivity index (χ3v) is 6.32. The van der Waals surface area contributed by atoms with Crippen molar-refractivity contribution in [2.45, 2.75) is 59.4 Å². The Labute approximate surface area is 203 Å². The van der Waals surface area contributed by atoms with Gasteiger partial charge in [-0.15, -0.1) is 11.8 Å². The molecule has 0 aliphatic heterocycles. The van der Waals surface area contributed by atoms with Crippen molar-refractivity contribution in [2.24, 2.45) is 5.92 Å². The van der Waals surface area contributed by atoms with Crippen LogP contribution in [0, 0.1) is 19.8 Å². The van der Waals surface area contributed by atoms with Crippen molar-refractivity contribution < 1.29 is 14.3 Å². The van der Waals surface area contributed by atoms with Crippen LogP contribution in [-0.4, -0.2) is 42.2 Å². The maximum Gasteiger partial charge on any atom is 0.242 e. The van der Waals surface area contributed by atoms with Gasteiger partial charge in [-0.25, -0.2) is 0 Å². The molecule has 2 rings (SSSR count). The number of hydrogen-bond donors (Lipinski definition) is 1. The number of methoxy groups -OCH3 is 1. The highest BCUT2D eigenvalue weighted by Crippen LogP contribution is 2.20. The Kier molecular flexibility index (Phi) is 10.8. The van der Waals surface area contributed by atoms with Crippen LogP contribution < -0.4 is 10.1 Å². The van der Waals surface area contributed by atoms with Crippen LogP contribution in [0.25, 0.3) is 0 Å². The Balaban J connectivity index is 2.16. The number of carbonyl (C=O) groups excluding carboxylic acids is 2. The van der Waals surface area contributed by atoms with Crippen LogP contribution in [0.2, 0.25) is 0 Å². The summed E-state index contributed by atoms with van der Waals surface area (Å²) in [6, 6.07) is 13.6. The Morgan fingerprint density at radius 1 is 1.06 bits per heavy atom. The normalized spacial score (nSPS) is 11.8. The predicted molar refractivity (Wildman–Crippen MR) is 138 cm³/mol. The van der Waals surface area contributed by atoms with Crippen molar-refractivity contribution in [1.82, 2.24) is 10.2 Å². The maximum atomic E-state index is 13.4. The molecule has 0 heterocycles. The highest BCUT2D eigenvalue weighted by Gasteiger charge is 2.28. The van der Waals surface area contributed by atoms with Gasteiger partial charge in [0.05, 0.1) is 12.9 Å². The zero-order valence-electron chi connectivity index (χ0n) is 20.8. The van der Waals surface area contributed by atoms with Crippen molar-refractivity contribution in [3.63, 3.8) is 0 Å². The summed E-state index contributed by atoms with van der Waals surface area (Å²) in [5.41, 5.74) is 4.61. The van der Waals surface area contributed by atoms with Crippen molar-refractivity contribution in [2.75, 3.05) is 19.4 Å². The van der Waals surface area contributed by atoms with Crippen LogP contribution >= 0.6 is 11.8 Å². The van der Waals surface area contributed by atoms with E-state index in [9.17, 15) is 9.59 Å². The summed E-state index contributed by atoms with van der Waals surface area (Å²) in [5.74, 6) is 2.05. The Morgan fingerprint density at radius 3 is 2.36 bits per heavy atom. The average Bonchev–Trinajstić information content (AvgIpc) is 2.76. The zero-order chi connectivity index (χ0) is 24.4. The van der Waals surface area contributed by atoms with Crippen molar-refractivity contribution in [3.8, 4) is 5.75 Å². The molecule has 0 aromatic heterocycles. The monoisotopic (exact) mass is 470 g/mol. The first kappa shape index (κ1) is 26.8. The van der Waals surface area contributed by atoms with Gasteiger partial charge in [-0.2, -0.15) is 0 Å². The molecule has 180 valence electrons. The minimum Gasteiger partial charge on any atom is -0.497 e. The van der Waals surface area contributed by atoms with E-state index >= 15 is 0 Å². The molecule has 0 radical (unpaired) electrons. The van der Waals surface area contributed by atoms with Crippen LogP contribution in [0.4, 0.5) is 0 Å². The average molecular weight is 471 g/mol. The minimum atomic E-state index is -0.510. The highest BCUT2D eigenvalue weighted by atomic mass is 32.2. The first-order valence-corrected chi connectivity index (χ1v) is 12.7. The van der Waals surface area contributed by atoms with Gasteiger partial charge in [0, 0.05) is 18.8 Å². The Morgan fingerprint density at radius 2 is 1.76 bits per heavy atom. The highest BCUT2D eigenvalue weighted by molar-refractivity contribution is 7.99. The SMILES string of the molecule is CCC(C(=O)NCC(C)C)N(Cc1cccc(OC)c1)C(=O)CSCc1cc(C)cc(C)c1. The molecule has 0 aliphatic carbocycles. The van der Waals surface area contributed by atoms with Gasteiger partial charge >= 0.3 is 0 Å². The van der Waals surface area contributed by atoms with Gasteiger partial charge in [0.25, 0.3) is 0 Å².